The van der Waals surface area contributed by atoms with Crippen molar-refractivity contribution in [2.24, 2.45) is 0 Å². The molecular weight excluding hydrogens is 400 g/mol. The fourth-order valence-corrected chi connectivity index (χ4v) is 2.75. The van der Waals surface area contributed by atoms with Crippen LogP contribution in [0.2, 0.25) is 0 Å². The molecule has 0 aliphatic rings. The van der Waals surface area contributed by atoms with Crippen molar-refractivity contribution in [2.75, 3.05) is 7.11 Å². The number of ether oxygens (including phenoxy) is 2. The van der Waals surface area contributed by atoms with Gasteiger partial charge in [0.25, 0.3) is 5.91 Å². The zero-order valence-electron chi connectivity index (χ0n) is 18.0. The Kier molecular flexibility index (Phi) is 8.15. The lowest BCUT2D eigenvalue weighted by atomic mass is 9.99. The number of hydrogen-bond donors (Lipinski definition) is 3. The van der Waals surface area contributed by atoms with E-state index in [1.54, 1.807) is 75.4 Å². The smallest absolute Gasteiger partial charge is 0.407 e. The first kappa shape index (κ1) is 23.9. The van der Waals surface area contributed by atoms with Crippen LogP contribution in [-0.4, -0.2) is 41.9 Å². The molecule has 0 bridgehead atoms. The standard InChI is InChI=1S/C23H28N2O6/c1-23(2,3)31-22(29)24-14-15-10-12-16(13-11-15)18(19(26)21(28)30-4)25-20(27)17-8-6-5-7-9-17/h5-13,18-19,26H,14H2,1-4H3,(H,24,29)(H,25,27). The van der Waals surface area contributed by atoms with Crippen LogP contribution in [0, 0.1) is 0 Å². The number of methoxy groups -OCH3 is 1. The first-order chi connectivity index (χ1) is 14.6. The van der Waals surface area contributed by atoms with E-state index in [2.05, 4.69) is 15.4 Å². The summed E-state index contributed by atoms with van der Waals surface area (Å²) in [4.78, 5) is 36.3. The molecule has 0 saturated heterocycles. The van der Waals surface area contributed by atoms with E-state index in [1.165, 1.54) is 0 Å². The van der Waals surface area contributed by atoms with Gasteiger partial charge in [-0.05, 0) is 44.0 Å². The highest BCUT2D eigenvalue weighted by Gasteiger charge is 2.30. The summed E-state index contributed by atoms with van der Waals surface area (Å²) < 4.78 is 9.82. The van der Waals surface area contributed by atoms with E-state index in [1.807, 2.05) is 0 Å². The Labute approximate surface area is 181 Å². The Hall–Kier alpha value is -3.39. The highest BCUT2D eigenvalue weighted by molar-refractivity contribution is 5.94. The Morgan fingerprint density at radius 3 is 2.16 bits per heavy atom. The molecule has 0 saturated carbocycles. The molecular formula is C23H28N2O6. The molecule has 0 radical (unpaired) electrons. The molecule has 2 aromatic carbocycles. The Balaban J connectivity index is 2.13. The van der Waals surface area contributed by atoms with E-state index in [0.717, 1.165) is 12.7 Å². The lowest BCUT2D eigenvalue weighted by Crippen LogP contribution is -2.40. The van der Waals surface area contributed by atoms with Crippen molar-refractivity contribution < 1.29 is 29.0 Å². The van der Waals surface area contributed by atoms with Crippen molar-refractivity contribution >= 4 is 18.0 Å². The van der Waals surface area contributed by atoms with E-state index < -0.39 is 35.7 Å². The minimum Gasteiger partial charge on any atom is -0.467 e. The van der Waals surface area contributed by atoms with Crippen LogP contribution >= 0.6 is 0 Å². The molecule has 0 aromatic heterocycles. The fourth-order valence-electron chi connectivity index (χ4n) is 2.75. The molecule has 166 valence electrons. The third-order valence-electron chi connectivity index (χ3n) is 4.26. The van der Waals surface area contributed by atoms with E-state index in [0.29, 0.717) is 11.1 Å². The summed E-state index contributed by atoms with van der Waals surface area (Å²) in [6.45, 7) is 5.56. The molecule has 0 heterocycles. The average molecular weight is 428 g/mol. The quantitative estimate of drug-likeness (QED) is 0.585. The number of benzene rings is 2. The molecule has 2 amide bonds. The van der Waals surface area contributed by atoms with Gasteiger partial charge < -0.3 is 25.2 Å². The van der Waals surface area contributed by atoms with E-state index >= 15 is 0 Å². The third kappa shape index (κ3) is 7.42. The highest BCUT2D eigenvalue weighted by Crippen LogP contribution is 2.20. The Bertz CT molecular complexity index is 891. The Morgan fingerprint density at radius 1 is 1.00 bits per heavy atom. The summed E-state index contributed by atoms with van der Waals surface area (Å²) in [5, 5.41) is 15.8. The SMILES string of the molecule is COC(=O)C(O)C(NC(=O)c1ccccc1)c1ccc(CNC(=O)OC(C)(C)C)cc1. The zero-order chi connectivity index (χ0) is 23.0. The predicted octanol–water partition coefficient (Wildman–Crippen LogP) is 2.72. The van der Waals surface area contributed by atoms with Gasteiger partial charge in [0.2, 0.25) is 0 Å². The van der Waals surface area contributed by atoms with E-state index in [-0.39, 0.29) is 6.54 Å². The molecule has 8 nitrogen and oxygen atoms in total. The summed E-state index contributed by atoms with van der Waals surface area (Å²) >= 11 is 0. The van der Waals surface area contributed by atoms with Gasteiger partial charge in [-0.15, -0.1) is 0 Å². The second kappa shape index (κ2) is 10.6. The first-order valence-corrected chi connectivity index (χ1v) is 9.78. The van der Waals surface area contributed by atoms with Gasteiger partial charge in [-0.3, -0.25) is 4.79 Å². The number of rotatable bonds is 7. The van der Waals surface area contributed by atoms with Crippen LogP contribution in [0.25, 0.3) is 0 Å². The molecule has 8 heteroatoms. The van der Waals surface area contributed by atoms with Gasteiger partial charge in [0, 0.05) is 12.1 Å². The number of aliphatic hydroxyl groups excluding tert-OH is 1. The van der Waals surface area contributed by atoms with Gasteiger partial charge >= 0.3 is 12.1 Å². The Morgan fingerprint density at radius 2 is 1.61 bits per heavy atom. The summed E-state index contributed by atoms with van der Waals surface area (Å²) in [5.41, 5.74) is 1.07. The van der Waals surface area contributed by atoms with Crippen molar-refractivity contribution in [3.8, 4) is 0 Å². The molecule has 2 atom stereocenters. The van der Waals surface area contributed by atoms with Gasteiger partial charge in [-0.1, -0.05) is 42.5 Å². The van der Waals surface area contributed by atoms with Crippen LogP contribution in [0.15, 0.2) is 54.6 Å². The van der Waals surface area contributed by atoms with Gasteiger partial charge in [0.15, 0.2) is 6.10 Å². The third-order valence-corrected chi connectivity index (χ3v) is 4.26. The van der Waals surface area contributed by atoms with Crippen molar-refractivity contribution in [1.82, 2.24) is 10.6 Å². The van der Waals surface area contributed by atoms with Crippen LogP contribution in [0.4, 0.5) is 4.79 Å². The summed E-state index contributed by atoms with van der Waals surface area (Å²) in [5.74, 6) is -1.31. The maximum atomic E-state index is 12.6. The van der Waals surface area contributed by atoms with Crippen LogP contribution in [0.3, 0.4) is 0 Å². The summed E-state index contributed by atoms with van der Waals surface area (Å²) in [6.07, 6.45) is -2.13. The fraction of sp³-hybridized carbons (Fsp3) is 0.348. The minimum atomic E-state index is -1.59. The zero-order valence-corrected chi connectivity index (χ0v) is 18.0. The van der Waals surface area contributed by atoms with Crippen molar-refractivity contribution in [3.63, 3.8) is 0 Å². The number of amides is 2. The predicted molar refractivity (Wildman–Crippen MR) is 114 cm³/mol. The van der Waals surface area contributed by atoms with Crippen molar-refractivity contribution in [2.45, 2.75) is 45.1 Å². The molecule has 0 fully saturated rings. The van der Waals surface area contributed by atoms with Crippen molar-refractivity contribution in [3.05, 3.63) is 71.3 Å². The number of hydrogen-bond acceptors (Lipinski definition) is 6. The number of carbonyl (C=O) groups excluding carboxylic acids is 3. The van der Waals surface area contributed by atoms with Crippen molar-refractivity contribution in [1.29, 1.82) is 0 Å². The summed E-state index contributed by atoms with van der Waals surface area (Å²) in [6, 6.07) is 14.2. The number of alkyl carbamates (subject to hydrolysis) is 1. The maximum absolute atomic E-state index is 12.6. The number of carbonyl (C=O) groups is 3. The second-order valence-electron chi connectivity index (χ2n) is 7.88. The van der Waals surface area contributed by atoms with Crippen LogP contribution in [0.5, 0.6) is 0 Å². The highest BCUT2D eigenvalue weighted by atomic mass is 16.6. The number of esters is 1. The maximum Gasteiger partial charge on any atom is 0.407 e. The number of nitrogens with one attached hydrogen (secondary N) is 2. The van der Waals surface area contributed by atoms with Gasteiger partial charge in [-0.2, -0.15) is 0 Å². The topological polar surface area (TPSA) is 114 Å². The van der Waals surface area contributed by atoms with Gasteiger partial charge in [-0.25, -0.2) is 9.59 Å². The lowest BCUT2D eigenvalue weighted by Gasteiger charge is -2.23. The summed E-state index contributed by atoms with van der Waals surface area (Å²) in [7, 11) is 1.16. The van der Waals surface area contributed by atoms with Gasteiger partial charge in [0.1, 0.15) is 5.60 Å². The molecule has 3 N–H and O–H groups in total. The number of aliphatic hydroxyl groups is 1. The van der Waals surface area contributed by atoms with Crippen LogP contribution in [0.1, 0.15) is 48.3 Å². The molecule has 2 rings (SSSR count). The molecule has 0 aliphatic carbocycles. The largest absolute Gasteiger partial charge is 0.467 e. The molecule has 0 spiro atoms. The normalized spacial score (nSPS) is 12.9. The first-order valence-electron chi connectivity index (χ1n) is 9.78. The van der Waals surface area contributed by atoms with Crippen LogP contribution < -0.4 is 10.6 Å². The molecule has 31 heavy (non-hydrogen) atoms. The van der Waals surface area contributed by atoms with Crippen LogP contribution in [-0.2, 0) is 20.8 Å². The van der Waals surface area contributed by atoms with E-state index in [9.17, 15) is 19.5 Å². The second-order valence-corrected chi connectivity index (χ2v) is 7.88. The monoisotopic (exact) mass is 428 g/mol. The molecule has 2 unspecified atom stereocenters. The lowest BCUT2D eigenvalue weighted by molar-refractivity contribution is -0.151. The molecule has 2 aromatic rings. The minimum absolute atomic E-state index is 0.232. The average Bonchev–Trinajstić information content (AvgIpc) is 2.74. The van der Waals surface area contributed by atoms with Gasteiger partial charge in [0.05, 0.1) is 13.2 Å². The van der Waals surface area contributed by atoms with E-state index in [4.69, 9.17) is 4.74 Å². The molecule has 0 aliphatic heterocycles.